The fourth-order valence-electron chi connectivity index (χ4n) is 3.56. The number of hydrogen-bond donors (Lipinski definition) is 2. The van der Waals surface area contributed by atoms with Gasteiger partial charge in [0.25, 0.3) is 0 Å². The van der Waals surface area contributed by atoms with Gasteiger partial charge in [-0.05, 0) is 42.0 Å². The molecule has 3 aromatic carbocycles. The highest BCUT2D eigenvalue weighted by atomic mass is 19.1. The zero-order valence-corrected chi connectivity index (χ0v) is 21.3. The van der Waals surface area contributed by atoms with E-state index in [9.17, 15) is 9.18 Å². The first-order valence-corrected chi connectivity index (χ1v) is 11.1. The Hall–Kier alpha value is -4.66. The Labute approximate surface area is 215 Å². The van der Waals surface area contributed by atoms with Gasteiger partial charge in [0.1, 0.15) is 5.75 Å². The van der Waals surface area contributed by atoms with Crippen molar-refractivity contribution >= 4 is 29.3 Å². The van der Waals surface area contributed by atoms with Crippen LogP contribution in [0, 0.1) is 5.82 Å². The van der Waals surface area contributed by atoms with Crippen molar-refractivity contribution in [3.8, 4) is 28.7 Å². The topological polar surface area (TPSA) is 101 Å². The molecule has 0 saturated heterocycles. The van der Waals surface area contributed by atoms with Crippen LogP contribution in [0.2, 0.25) is 0 Å². The van der Waals surface area contributed by atoms with Crippen LogP contribution in [0.3, 0.4) is 0 Å². The molecule has 0 fully saturated rings. The minimum absolute atomic E-state index is 0.0510. The summed E-state index contributed by atoms with van der Waals surface area (Å²) >= 11 is 0. The minimum atomic E-state index is -0.536. The molecule has 0 spiro atoms. The molecule has 8 nitrogen and oxygen atoms in total. The van der Waals surface area contributed by atoms with Crippen LogP contribution < -0.4 is 34.7 Å². The summed E-state index contributed by atoms with van der Waals surface area (Å²) in [5, 5.41) is 3.03. The van der Waals surface area contributed by atoms with Crippen LogP contribution in [-0.2, 0) is 0 Å². The molecule has 3 aromatic rings. The van der Waals surface area contributed by atoms with Gasteiger partial charge in [0.2, 0.25) is 5.75 Å². The van der Waals surface area contributed by atoms with E-state index in [0.29, 0.717) is 45.5 Å². The summed E-state index contributed by atoms with van der Waals surface area (Å²) in [6.07, 6.45) is 6.30. The lowest BCUT2D eigenvalue weighted by atomic mass is 10.1. The molecular formula is C28H29FN2O6. The molecule has 0 bridgehead atoms. The van der Waals surface area contributed by atoms with E-state index in [1.807, 2.05) is 0 Å². The SMILES string of the molecule is COc1ccc(C(=O)/C=C\Nc2cc(OC)c(F)cc2/C=C\c2cc(OC)c(OC)c(OC)c2)cc1N. The van der Waals surface area contributed by atoms with Gasteiger partial charge in [0.15, 0.2) is 28.8 Å². The fourth-order valence-corrected chi connectivity index (χ4v) is 3.56. The molecule has 3 N–H and O–H groups in total. The third kappa shape index (κ3) is 6.32. The first-order valence-electron chi connectivity index (χ1n) is 11.1. The summed E-state index contributed by atoms with van der Waals surface area (Å²) < 4.78 is 40.9. The van der Waals surface area contributed by atoms with Crippen LogP contribution in [0.25, 0.3) is 12.2 Å². The van der Waals surface area contributed by atoms with Crippen LogP contribution in [0.4, 0.5) is 15.8 Å². The first kappa shape index (κ1) is 26.9. The predicted molar refractivity (Wildman–Crippen MR) is 142 cm³/mol. The van der Waals surface area contributed by atoms with Crippen molar-refractivity contribution in [1.82, 2.24) is 0 Å². The number of nitrogen functional groups attached to an aromatic ring is 1. The maximum absolute atomic E-state index is 14.5. The molecule has 9 heteroatoms. The molecule has 0 atom stereocenters. The van der Waals surface area contributed by atoms with Gasteiger partial charge in [0.05, 0.1) is 41.2 Å². The number of nitrogens with two attached hydrogens (primary N) is 1. The van der Waals surface area contributed by atoms with Crippen molar-refractivity contribution in [2.75, 3.05) is 46.6 Å². The fraction of sp³-hybridized carbons (Fsp3) is 0.179. The quantitative estimate of drug-likeness (QED) is 0.153. The largest absolute Gasteiger partial charge is 0.495 e. The first-order chi connectivity index (χ1) is 17.8. The average molecular weight is 509 g/mol. The summed E-state index contributed by atoms with van der Waals surface area (Å²) in [5.41, 5.74) is 8.41. The second-order valence-electron chi connectivity index (χ2n) is 7.66. The molecule has 0 aromatic heterocycles. The zero-order chi connectivity index (χ0) is 26.9. The molecule has 0 unspecified atom stereocenters. The summed E-state index contributed by atoms with van der Waals surface area (Å²) in [4.78, 5) is 12.6. The van der Waals surface area contributed by atoms with Gasteiger partial charge in [-0.15, -0.1) is 0 Å². The number of ketones is 1. The molecule has 0 aliphatic rings. The predicted octanol–water partition coefficient (Wildman–Crippen LogP) is 5.43. The van der Waals surface area contributed by atoms with E-state index in [-0.39, 0.29) is 11.5 Å². The highest BCUT2D eigenvalue weighted by Crippen LogP contribution is 2.39. The van der Waals surface area contributed by atoms with Gasteiger partial charge in [-0.25, -0.2) is 4.39 Å². The average Bonchev–Trinajstić information content (AvgIpc) is 2.91. The normalized spacial score (nSPS) is 11.0. The highest BCUT2D eigenvalue weighted by molar-refractivity contribution is 6.05. The van der Waals surface area contributed by atoms with E-state index in [1.165, 1.54) is 66.0 Å². The van der Waals surface area contributed by atoms with Gasteiger partial charge in [-0.2, -0.15) is 0 Å². The lowest BCUT2D eigenvalue weighted by Gasteiger charge is -2.13. The van der Waals surface area contributed by atoms with Crippen LogP contribution in [0.5, 0.6) is 28.7 Å². The zero-order valence-electron chi connectivity index (χ0n) is 21.3. The van der Waals surface area contributed by atoms with E-state index in [4.69, 9.17) is 29.4 Å². The third-order valence-electron chi connectivity index (χ3n) is 5.45. The van der Waals surface area contributed by atoms with E-state index in [1.54, 1.807) is 36.4 Å². The molecule has 0 radical (unpaired) electrons. The summed E-state index contributed by atoms with van der Waals surface area (Å²) in [6.45, 7) is 0. The lowest BCUT2D eigenvalue weighted by Crippen LogP contribution is -2.00. The van der Waals surface area contributed by atoms with Gasteiger partial charge in [-0.1, -0.05) is 12.2 Å². The third-order valence-corrected chi connectivity index (χ3v) is 5.45. The molecular weight excluding hydrogens is 479 g/mol. The lowest BCUT2D eigenvalue weighted by molar-refractivity contribution is 0.104. The smallest absolute Gasteiger partial charge is 0.203 e. The number of carbonyl (C=O) groups excluding carboxylic acids is 1. The summed E-state index contributed by atoms with van der Waals surface area (Å²) in [5.74, 6) is 1.17. The summed E-state index contributed by atoms with van der Waals surface area (Å²) in [6, 6.07) is 11.2. The number of rotatable bonds is 11. The van der Waals surface area contributed by atoms with Crippen LogP contribution in [0.15, 0.2) is 54.7 Å². The molecule has 0 aliphatic heterocycles. The second kappa shape index (κ2) is 12.3. The Morgan fingerprint density at radius 1 is 0.811 bits per heavy atom. The monoisotopic (exact) mass is 508 g/mol. The number of ether oxygens (including phenoxy) is 5. The van der Waals surface area contributed by atoms with Gasteiger partial charge >= 0.3 is 0 Å². The molecule has 0 aliphatic carbocycles. The van der Waals surface area contributed by atoms with Gasteiger partial charge < -0.3 is 34.7 Å². The van der Waals surface area contributed by atoms with Gasteiger partial charge in [0, 0.05) is 35.2 Å². The van der Waals surface area contributed by atoms with E-state index in [0.717, 1.165) is 5.56 Å². The Bertz CT molecular complexity index is 1310. The van der Waals surface area contributed by atoms with Crippen molar-refractivity contribution in [3.05, 3.63) is 77.2 Å². The molecule has 0 saturated carbocycles. The van der Waals surface area contributed by atoms with Crippen molar-refractivity contribution in [2.24, 2.45) is 0 Å². The Morgan fingerprint density at radius 3 is 2.03 bits per heavy atom. The number of halogens is 1. The number of benzene rings is 3. The number of carbonyl (C=O) groups is 1. The number of nitrogens with one attached hydrogen (secondary N) is 1. The Kier molecular flexibility index (Phi) is 8.99. The van der Waals surface area contributed by atoms with Crippen molar-refractivity contribution in [1.29, 1.82) is 0 Å². The number of methoxy groups -OCH3 is 5. The molecule has 37 heavy (non-hydrogen) atoms. The second-order valence-corrected chi connectivity index (χ2v) is 7.66. The van der Waals surface area contributed by atoms with Crippen LogP contribution >= 0.6 is 0 Å². The van der Waals surface area contributed by atoms with Crippen molar-refractivity contribution in [3.63, 3.8) is 0 Å². The molecule has 0 heterocycles. The number of anilines is 2. The van der Waals surface area contributed by atoms with Crippen LogP contribution in [-0.4, -0.2) is 41.3 Å². The molecule has 194 valence electrons. The Morgan fingerprint density at radius 2 is 1.46 bits per heavy atom. The number of allylic oxidation sites excluding steroid dienone is 1. The maximum Gasteiger partial charge on any atom is 0.203 e. The van der Waals surface area contributed by atoms with E-state index < -0.39 is 5.82 Å². The maximum atomic E-state index is 14.5. The minimum Gasteiger partial charge on any atom is -0.495 e. The van der Waals surface area contributed by atoms with Gasteiger partial charge in [-0.3, -0.25) is 4.79 Å². The van der Waals surface area contributed by atoms with Crippen LogP contribution in [0.1, 0.15) is 21.5 Å². The Balaban J connectivity index is 1.89. The van der Waals surface area contributed by atoms with Crippen molar-refractivity contribution < 1.29 is 32.9 Å². The van der Waals surface area contributed by atoms with Crippen molar-refractivity contribution in [2.45, 2.75) is 0 Å². The standard InChI is InChI=1S/C28H29FN2O6/c1-33-24-9-8-19(15-21(24)30)23(32)10-11-31-22-16-25(34-2)20(29)14-18(22)7-6-17-12-26(35-3)28(37-5)27(13-17)36-4/h6-16,31H,30H2,1-5H3/b7-6-,11-10-. The van der Waals surface area contributed by atoms with E-state index in [2.05, 4.69) is 5.32 Å². The highest BCUT2D eigenvalue weighted by Gasteiger charge is 2.13. The number of hydrogen-bond acceptors (Lipinski definition) is 8. The summed E-state index contributed by atoms with van der Waals surface area (Å²) in [7, 11) is 7.46. The van der Waals surface area contributed by atoms with E-state index >= 15 is 0 Å². The molecule has 3 rings (SSSR count). The molecule has 0 amide bonds.